The van der Waals surface area contributed by atoms with E-state index in [1.54, 1.807) is 16.7 Å². The molecule has 2 aromatic rings. The highest BCUT2D eigenvalue weighted by molar-refractivity contribution is 5.39. The molecular formula is C15H19N3O2. The Morgan fingerprint density at radius 2 is 2.30 bits per heavy atom. The number of nitrogens with zero attached hydrogens (tertiary/aromatic N) is 3. The molecule has 3 rings (SSSR count). The third-order valence-electron chi connectivity index (χ3n) is 3.94. The SMILES string of the molecule is Cc1ccc2nc(CN3CCC[C@H]3CO)cc(=O)n2c1. The van der Waals surface area contributed by atoms with Gasteiger partial charge in [-0.05, 0) is 37.9 Å². The summed E-state index contributed by atoms with van der Waals surface area (Å²) in [5.74, 6) is 0. The van der Waals surface area contributed by atoms with Crippen LogP contribution in [0.15, 0.2) is 29.2 Å². The molecule has 0 aromatic carbocycles. The maximum Gasteiger partial charge on any atom is 0.258 e. The second-order valence-corrected chi connectivity index (χ2v) is 5.47. The minimum Gasteiger partial charge on any atom is -0.395 e. The van der Waals surface area contributed by atoms with E-state index in [9.17, 15) is 9.90 Å². The lowest BCUT2D eigenvalue weighted by Gasteiger charge is -2.22. The van der Waals surface area contributed by atoms with Crippen LogP contribution in [0.2, 0.25) is 0 Å². The zero-order chi connectivity index (χ0) is 14.1. The highest BCUT2D eigenvalue weighted by Gasteiger charge is 2.24. The smallest absolute Gasteiger partial charge is 0.258 e. The van der Waals surface area contributed by atoms with Crippen molar-refractivity contribution in [2.45, 2.75) is 32.4 Å². The lowest BCUT2D eigenvalue weighted by atomic mass is 10.2. The maximum absolute atomic E-state index is 12.1. The van der Waals surface area contributed by atoms with Gasteiger partial charge in [0.2, 0.25) is 0 Å². The molecule has 3 heterocycles. The molecule has 0 unspecified atom stereocenters. The van der Waals surface area contributed by atoms with Crippen LogP contribution < -0.4 is 5.56 Å². The second kappa shape index (κ2) is 5.34. The highest BCUT2D eigenvalue weighted by Crippen LogP contribution is 2.18. The standard InChI is InChI=1S/C15H19N3O2/c1-11-4-5-14-16-12(7-15(20)18(14)8-11)9-17-6-2-3-13(17)10-19/h4-5,7-8,13,19H,2-3,6,9-10H2,1H3/t13-/m0/s1. The quantitative estimate of drug-likeness (QED) is 0.905. The molecule has 1 saturated heterocycles. The summed E-state index contributed by atoms with van der Waals surface area (Å²) in [6.07, 6.45) is 3.92. The maximum atomic E-state index is 12.1. The molecule has 5 heteroatoms. The summed E-state index contributed by atoms with van der Waals surface area (Å²) in [6, 6.07) is 5.62. The van der Waals surface area contributed by atoms with Crippen LogP contribution in [0.5, 0.6) is 0 Å². The molecule has 5 nitrogen and oxygen atoms in total. The number of aliphatic hydroxyl groups excluding tert-OH is 1. The molecule has 1 atom stereocenters. The van der Waals surface area contributed by atoms with Gasteiger partial charge in [0.25, 0.3) is 5.56 Å². The summed E-state index contributed by atoms with van der Waals surface area (Å²) in [5.41, 5.74) is 2.44. The molecule has 0 radical (unpaired) electrons. The van der Waals surface area contributed by atoms with Crippen molar-refractivity contribution in [2.24, 2.45) is 0 Å². The fourth-order valence-corrected chi connectivity index (χ4v) is 2.86. The van der Waals surface area contributed by atoms with Gasteiger partial charge in [0.05, 0.1) is 12.3 Å². The Morgan fingerprint density at radius 1 is 1.45 bits per heavy atom. The summed E-state index contributed by atoms with van der Waals surface area (Å²) in [5, 5.41) is 9.34. The third kappa shape index (κ3) is 2.46. The molecule has 0 aliphatic carbocycles. The Hall–Kier alpha value is -1.72. The van der Waals surface area contributed by atoms with E-state index in [1.165, 1.54) is 0 Å². The number of aryl methyl sites for hydroxylation is 1. The predicted molar refractivity (Wildman–Crippen MR) is 76.7 cm³/mol. The predicted octanol–water partition coefficient (Wildman–Crippen LogP) is 0.960. The van der Waals surface area contributed by atoms with Crippen LogP contribution in [0.25, 0.3) is 5.65 Å². The number of aromatic nitrogens is 2. The average Bonchev–Trinajstić information content (AvgIpc) is 2.87. The van der Waals surface area contributed by atoms with E-state index in [2.05, 4.69) is 9.88 Å². The van der Waals surface area contributed by atoms with Crippen LogP contribution in [0.1, 0.15) is 24.1 Å². The minimum atomic E-state index is -0.0477. The average molecular weight is 273 g/mol. The second-order valence-electron chi connectivity index (χ2n) is 5.47. The van der Waals surface area contributed by atoms with Gasteiger partial charge in [-0.15, -0.1) is 0 Å². The molecule has 0 spiro atoms. The minimum absolute atomic E-state index is 0.0477. The molecule has 1 aliphatic heterocycles. The van der Waals surface area contributed by atoms with Gasteiger partial charge < -0.3 is 5.11 Å². The van der Waals surface area contributed by atoms with Gasteiger partial charge in [-0.1, -0.05) is 6.07 Å². The molecule has 1 aliphatic rings. The van der Waals surface area contributed by atoms with Crippen molar-refractivity contribution < 1.29 is 5.11 Å². The number of likely N-dealkylation sites (tertiary alicyclic amines) is 1. The van der Waals surface area contributed by atoms with Crippen molar-refractivity contribution in [3.05, 3.63) is 46.0 Å². The number of hydrogen-bond acceptors (Lipinski definition) is 4. The largest absolute Gasteiger partial charge is 0.395 e. The van der Waals surface area contributed by atoms with Crippen molar-refractivity contribution >= 4 is 5.65 Å². The Balaban J connectivity index is 1.93. The van der Waals surface area contributed by atoms with E-state index in [0.717, 1.165) is 30.6 Å². The number of rotatable bonds is 3. The van der Waals surface area contributed by atoms with Gasteiger partial charge >= 0.3 is 0 Å². The lowest BCUT2D eigenvalue weighted by Crippen LogP contribution is -2.32. The third-order valence-corrected chi connectivity index (χ3v) is 3.94. The van der Waals surface area contributed by atoms with Crippen LogP contribution >= 0.6 is 0 Å². The number of pyridine rings is 1. The summed E-state index contributed by atoms with van der Waals surface area (Å²) >= 11 is 0. The molecule has 1 N–H and O–H groups in total. The van der Waals surface area contributed by atoms with Crippen LogP contribution in [0.4, 0.5) is 0 Å². The first-order valence-corrected chi connectivity index (χ1v) is 7.01. The Kier molecular flexibility index (Phi) is 3.54. The van der Waals surface area contributed by atoms with E-state index in [-0.39, 0.29) is 18.2 Å². The van der Waals surface area contributed by atoms with Crippen molar-refractivity contribution in [1.29, 1.82) is 0 Å². The first-order valence-electron chi connectivity index (χ1n) is 7.01. The van der Waals surface area contributed by atoms with E-state index in [4.69, 9.17) is 0 Å². The van der Waals surface area contributed by atoms with Crippen LogP contribution in [-0.2, 0) is 6.54 Å². The van der Waals surface area contributed by atoms with Crippen molar-refractivity contribution in [2.75, 3.05) is 13.2 Å². The molecule has 1 fully saturated rings. The Morgan fingerprint density at radius 3 is 3.10 bits per heavy atom. The lowest BCUT2D eigenvalue weighted by molar-refractivity contribution is 0.152. The number of fused-ring (bicyclic) bond motifs is 1. The van der Waals surface area contributed by atoms with Gasteiger partial charge in [0.15, 0.2) is 0 Å². The van der Waals surface area contributed by atoms with Gasteiger partial charge in [-0.3, -0.25) is 14.1 Å². The van der Waals surface area contributed by atoms with Gasteiger partial charge in [-0.2, -0.15) is 0 Å². The Labute approximate surface area is 117 Å². The highest BCUT2D eigenvalue weighted by atomic mass is 16.3. The zero-order valence-electron chi connectivity index (χ0n) is 11.6. The van der Waals surface area contributed by atoms with E-state index in [0.29, 0.717) is 12.2 Å². The summed E-state index contributed by atoms with van der Waals surface area (Å²) in [4.78, 5) is 18.9. The number of aliphatic hydroxyl groups is 1. The van der Waals surface area contributed by atoms with E-state index >= 15 is 0 Å². The monoisotopic (exact) mass is 273 g/mol. The van der Waals surface area contributed by atoms with E-state index in [1.807, 2.05) is 19.1 Å². The van der Waals surface area contributed by atoms with E-state index < -0.39 is 0 Å². The summed E-state index contributed by atoms with van der Waals surface area (Å²) in [6.45, 7) is 3.71. The van der Waals surface area contributed by atoms with Gasteiger partial charge in [0, 0.05) is 24.8 Å². The molecule has 2 aromatic heterocycles. The normalized spacial score (nSPS) is 19.8. The molecule has 0 saturated carbocycles. The summed E-state index contributed by atoms with van der Waals surface area (Å²) < 4.78 is 1.58. The topological polar surface area (TPSA) is 57.8 Å². The van der Waals surface area contributed by atoms with Gasteiger partial charge in [0.1, 0.15) is 5.65 Å². The van der Waals surface area contributed by atoms with Crippen LogP contribution in [0, 0.1) is 6.92 Å². The summed E-state index contributed by atoms with van der Waals surface area (Å²) in [7, 11) is 0. The first kappa shape index (κ1) is 13.3. The van der Waals surface area contributed by atoms with Crippen molar-refractivity contribution in [3.63, 3.8) is 0 Å². The molecule has 20 heavy (non-hydrogen) atoms. The van der Waals surface area contributed by atoms with Gasteiger partial charge in [-0.25, -0.2) is 4.98 Å². The van der Waals surface area contributed by atoms with Crippen LogP contribution in [-0.4, -0.2) is 38.6 Å². The fraction of sp³-hybridized carbons (Fsp3) is 0.467. The Bertz CT molecular complexity index is 680. The first-order chi connectivity index (χ1) is 9.67. The fourth-order valence-electron chi connectivity index (χ4n) is 2.86. The van der Waals surface area contributed by atoms with Crippen molar-refractivity contribution in [3.8, 4) is 0 Å². The molecular weight excluding hydrogens is 254 g/mol. The van der Waals surface area contributed by atoms with Crippen LogP contribution in [0.3, 0.4) is 0 Å². The molecule has 0 bridgehead atoms. The van der Waals surface area contributed by atoms with Crippen molar-refractivity contribution in [1.82, 2.24) is 14.3 Å². The zero-order valence-corrected chi connectivity index (χ0v) is 11.6. The molecule has 0 amide bonds. The molecule has 106 valence electrons. The number of hydrogen-bond donors (Lipinski definition) is 1.